The van der Waals surface area contributed by atoms with E-state index in [-0.39, 0.29) is 0 Å². The first kappa shape index (κ1) is 25.3. The lowest BCUT2D eigenvalue weighted by atomic mass is 9.92. The zero-order chi connectivity index (χ0) is 29.9. The number of rotatable bonds is 3. The Labute approximate surface area is 257 Å². The lowest BCUT2D eigenvalue weighted by molar-refractivity contribution is 0.939. The molecule has 210 valence electrons. The maximum atomic E-state index is 13.7. The molecule has 9 aromatic rings. The second-order valence-corrected chi connectivity index (χ2v) is 11.2. The van der Waals surface area contributed by atoms with Crippen molar-refractivity contribution in [1.82, 2.24) is 19.4 Å². The van der Waals surface area contributed by atoms with Crippen LogP contribution in [0.4, 0.5) is 0 Å². The highest BCUT2D eigenvalue weighted by Crippen LogP contribution is 2.37. The Balaban J connectivity index is 1.27. The van der Waals surface area contributed by atoms with Crippen molar-refractivity contribution in [2.75, 3.05) is 0 Å². The summed E-state index contributed by atoms with van der Waals surface area (Å²) in [6, 6.07) is 49.4. The third-order valence-corrected chi connectivity index (χ3v) is 8.63. The van der Waals surface area contributed by atoms with Gasteiger partial charge in [0.1, 0.15) is 0 Å². The Morgan fingerprint density at radius 2 is 0.956 bits per heavy atom. The van der Waals surface area contributed by atoms with Crippen molar-refractivity contribution in [2.45, 2.75) is 0 Å². The highest BCUT2D eigenvalue weighted by atomic mass is 16.1. The van der Waals surface area contributed by atoms with Crippen molar-refractivity contribution in [3.05, 3.63) is 156 Å². The lowest BCUT2D eigenvalue weighted by Gasteiger charge is -2.14. The molecule has 5 heteroatoms. The van der Waals surface area contributed by atoms with Crippen LogP contribution in [0, 0.1) is 0 Å². The standard InChI is InChI=1S/C40H24N4O/c45-40-43-37(25-11-2-1-3-12-25)42-39-34-19-8-9-20-36(34)41-38(44(39)40)28-14-10-13-26(23-28)27-21-22-33-31-17-5-4-15-29(31)30-16-6-7-18-32(30)35(33)24-27/h1-24H. The first-order chi connectivity index (χ1) is 22.2. The van der Waals surface area contributed by atoms with Crippen LogP contribution >= 0.6 is 0 Å². The highest BCUT2D eigenvalue weighted by Gasteiger charge is 2.17. The van der Waals surface area contributed by atoms with E-state index in [4.69, 9.17) is 9.97 Å². The van der Waals surface area contributed by atoms with Crippen LogP contribution in [-0.2, 0) is 0 Å². The summed E-state index contributed by atoms with van der Waals surface area (Å²) < 4.78 is 1.54. The minimum absolute atomic E-state index is 0.396. The summed E-state index contributed by atoms with van der Waals surface area (Å²) in [6.07, 6.45) is 0. The largest absolute Gasteiger partial charge is 0.357 e. The average Bonchev–Trinajstić information content (AvgIpc) is 3.11. The van der Waals surface area contributed by atoms with Gasteiger partial charge in [0.2, 0.25) is 0 Å². The number of benzene rings is 7. The van der Waals surface area contributed by atoms with Gasteiger partial charge in [-0.15, -0.1) is 0 Å². The van der Waals surface area contributed by atoms with Gasteiger partial charge in [-0.1, -0.05) is 121 Å². The van der Waals surface area contributed by atoms with Gasteiger partial charge in [-0.3, -0.25) is 0 Å². The molecule has 9 rings (SSSR count). The topological polar surface area (TPSA) is 60.2 Å². The molecular weight excluding hydrogens is 552 g/mol. The van der Waals surface area contributed by atoms with Gasteiger partial charge < -0.3 is 0 Å². The molecular formula is C40H24N4O. The molecule has 45 heavy (non-hydrogen) atoms. The van der Waals surface area contributed by atoms with Crippen LogP contribution < -0.4 is 5.69 Å². The number of nitrogens with zero attached hydrogens (tertiary/aromatic N) is 4. The number of hydrogen-bond donors (Lipinski definition) is 0. The van der Waals surface area contributed by atoms with E-state index in [2.05, 4.69) is 83.8 Å². The van der Waals surface area contributed by atoms with E-state index < -0.39 is 5.69 Å². The van der Waals surface area contributed by atoms with Crippen molar-refractivity contribution in [1.29, 1.82) is 0 Å². The maximum Gasteiger partial charge on any atom is 0.357 e. The smallest absolute Gasteiger partial charge is 0.245 e. The number of para-hydroxylation sites is 1. The molecule has 2 heterocycles. The summed E-state index contributed by atoms with van der Waals surface area (Å²) >= 11 is 0. The van der Waals surface area contributed by atoms with Gasteiger partial charge in [0.25, 0.3) is 0 Å². The summed E-state index contributed by atoms with van der Waals surface area (Å²) in [5.74, 6) is 0.903. The Hall–Kier alpha value is -6.20. The molecule has 0 radical (unpaired) electrons. The van der Waals surface area contributed by atoms with E-state index in [9.17, 15) is 4.79 Å². The van der Waals surface area contributed by atoms with Gasteiger partial charge in [0, 0.05) is 16.5 Å². The summed E-state index contributed by atoms with van der Waals surface area (Å²) in [6.45, 7) is 0. The molecule has 0 unspecified atom stereocenters. The molecule has 0 atom stereocenters. The van der Waals surface area contributed by atoms with E-state index in [1.165, 1.54) is 36.7 Å². The predicted molar refractivity (Wildman–Crippen MR) is 183 cm³/mol. The van der Waals surface area contributed by atoms with Crippen LogP contribution in [0.1, 0.15) is 0 Å². The molecule has 0 spiro atoms. The summed E-state index contributed by atoms with van der Waals surface area (Å²) in [7, 11) is 0. The van der Waals surface area contributed by atoms with Crippen LogP contribution in [0.15, 0.2) is 150 Å². The van der Waals surface area contributed by atoms with Gasteiger partial charge in [0.05, 0.1) is 5.52 Å². The Bertz CT molecular complexity index is 2640. The minimum Gasteiger partial charge on any atom is -0.245 e. The van der Waals surface area contributed by atoms with Crippen molar-refractivity contribution >= 4 is 48.9 Å². The lowest BCUT2D eigenvalue weighted by Crippen LogP contribution is -2.22. The van der Waals surface area contributed by atoms with Gasteiger partial charge in [-0.25, -0.2) is 19.2 Å². The van der Waals surface area contributed by atoms with E-state index in [1.54, 1.807) is 0 Å². The molecule has 5 nitrogen and oxygen atoms in total. The van der Waals surface area contributed by atoms with Crippen molar-refractivity contribution in [2.24, 2.45) is 0 Å². The fourth-order valence-corrected chi connectivity index (χ4v) is 6.54. The fourth-order valence-electron chi connectivity index (χ4n) is 6.54. The maximum absolute atomic E-state index is 13.7. The van der Waals surface area contributed by atoms with Crippen molar-refractivity contribution < 1.29 is 0 Å². The third kappa shape index (κ3) is 4.02. The van der Waals surface area contributed by atoms with Crippen LogP contribution in [-0.4, -0.2) is 19.4 Å². The zero-order valence-electron chi connectivity index (χ0n) is 24.1. The Kier molecular flexibility index (Phi) is 5.59. The first-order valence-corrected chi connectivity index (χ1v) is 14.9. The van der Waals surface area contributed by atoms with Crippen LogP contribution in [0.3, 0.4) is 0 Å². The minimum atomic E-state index is -0.415. The molecule has 0 aliphatic rings. The van der Waals surface area contributed by atoms with Gasteiger partial charge in [-0.2, -0.15) is 4.98 Å². The fraction of sp³-hybridized carbons (Fsp3) is 0. The Morgan fingerprint density at radius 3 is 1.69 bits per heavy atom. The molecule has 2 aromatic heterocycles. The molecule has 7 aromatic carbocycles. The average molecular weight is 577 g/mol. The quantitative estimate of drug-likeness (QED) is 0.197. The van der Waals surface area contributed by atoms with Gasteiger partial charge in [0.15, 0.2) is 17.3 Å². The third-order valence-electron chi connectivity index (χ3n) is 8.63. The zero-order valence-corrected chi connectivity index (χ0v) is 24.1. The second-order valence-electron chi connectivity index (χ2n) is 11.2. The highest BCUT2D eigenvalue weighted by molar-refractivity contribution is 6.25. The van der Waals surface area contributed by atoms with Crippen LogP contribution in [0.2, 0.25) is 0 Å². The molecule has 0 saturated heterocycles. The SMILES string of the molecule is O=c1nc(-c2ccccc2)nc2c3ccccc3nc(-c3cccc(-c4ccc5c6ccccc6c6ccccc6c5c4)c3)n12. The molecule has 0 amide bonds. The number of fused-ring (bicyclic) bond motifs is 9. The van der Waals surface area contributed by atoms with Gasteiger partial charge in [-0.05, 0) is 67.7 Å². The summed E-state index contributed by atoms with van der Waals surface area (Å²) in [4.78, 5) is 28.0. The Morgan fingerprint density at radius 1 is 0.400 bits per heavy atom. The molecule has 0 N–H and O–H groups in total. The van der Waals surface area contributed by atoms with Crippen LogP contribution in [0.5, 0.6) is 0 Å². The molecule has 0 fully saturated rings. The van der Waals surface area contributed by atoms with E-state index in [1.807, 2.05) is 66.7 Å². The van der Waals surface area contributed by atoms with E-state index in [0.29, 0.717) is 17.3 Å². The normalized spacial score (nSPS) is 11.6. The van der Waals surface area contributed by atoms with Crippen LogP contribution in [0.25, 0.3) is 82.8 Å². The first-order valence-electron chi connectivity index (χ1n) is 14.9. The second kappa shape index (κ2) is 9.93. The number of aromatic nitrogens is 4. The molecule has 0 bridgehead atoms. The van der Waals surface area contributed by atoms with Gasteiger partial charge >= 0.3 is 5.69 Å². The van der Waals surface area contributed by atoms with E-state index >= 15 is 0 Å². The number of hydrogen-bond acceptors (Lipinski definition) is 4. The summed E-state index contributed by atoms with van der Waals surface area (Å²) in [5.41, 5.74) is 4.60. The van der Waals surface area contributed by atoms with Crippen molar-refractivity contribution in [3.8, 4) is 33.9 Å². The van der Waals surface area contributed by atoms with Crippen molar-refractivity contribution in [3.63, 3.8) is 0 Å². The molecule has 0 aliphatic carbocycles. The molecule has 0 saturated carbocycles. The molecule has 0 aliphatic heterocycles. The summed E-state index contributed by atoms with van der Waals surface area (Å²) in [5, 5.41) is 8.20. The van der Waals surface area contributed by atoms with E-state index in [0.717, 1.165) is 33.2 Å². The predicted octanol–water partition coefficient (Wildman–Crippen LogP) is 9.10. The monoisotopic (exact) mass is 576 g/mol.